The fraction of sp³-hybridized carbons (Fsp3) is 0.571. The van der Waals surface area contributed by atoms with Crippen molar-refractivity contribution >= 4 is 15.9 Å². The van der Waals surface area contributed by atoms with E-state index in [9.17, 15) is 8.78 Å². The second kappa shape index (κ2) is 7.92. The van der Waals surface area contributed by atoms with Gasteiger partial charge in [0.1, 0.15) is 11.6 Å². The van der Waals surface area contributed by atoms with Crippen LogP contribution in [0.2, 0.25) is 0 Å². The van der Waals surface area contributed by atoms with Crippen LogP contribution in [0.5, 0.6) is 0 Å². The average Bonchev–Trinajstić information content (AvgIpc) is 2.40. The van der Waals surface area contributed by atoms with E-state index < -0.39 is 17.7 Å². The van der Waals surface area contributed by atoms with Crippen molar-refractivity contribution in [3.8, 4) is 0 Å². The molecule has 0 amide bonds. The van der Waals surface area contributed by atoms with Gasteiger partial charge in [0.15, 0.2) is 0 Å². The van der Waals surface area contributed by atoms with E-state index in [4.69, 9.17) is 4.74 Å². The number of hydrogen-bond acceptors (Lipinski definition) is 2. The minimum absolute atomic E-state index is 0.0384. The van der Waals surface area contributed by atoms with Crippen LogP contribution in [0.1, 0.15) is 38.8 Å². The van der Waals surface area contributed by atoms with Crippen LogP contribution in [-0.4, -0.2) is 19.3 Å². The van der Waals surface area contributed by atoms with E-state index in [2.05, 4.69) is 21.2 Å². The van der Waals surface area contributed by atoms with Gasteiger partial charge in [0.05, 0.1) is 16.6 Å². The molecule has 5 heteroatoms. The maximum absolute atomic E-state index is 14.2. The number of rotatable bonds is 7. The summed E-state index contributed by atoms with van der Waals surface area (Å²) in [7, 11) is 0. The predicted octanol–water partition coefficient (Wildman–Crippen LogP) is 4.19. The summed E-state index contributed by atoms with van der Waals surface area (Å²) < 4.78 is 34.0. The first-order chi connectivity index (χ1) is 9.06. The van der Waals surface area contributed by atoms with Crippen molar-refractivity contribution in [2.45, 2.75) is 39.3 Å². The van der Waals surface area contributed by atoms with E-state index in [-0.39, 0.29) is 16.1 Å². The molecule has 0 fully saturated rings. The Morgan fingerprint density at radius 1 is 1.26 bits per heavy atom. The Morgan fingerprint density at radius 3 is 2.47 bits per heavy atom. The summed E-state index contributed by atoms with van der Waals surface area (Å²) in [6, 6.07) is 2.15. The molecule has 0 aliphatic heterocycles. The second-order valence-electron chi connectivity index (χ2n) is 4.19. The molecule has 1 N–H and O–H groups in total. The van der Waals surface area contributed by atoms with Crippen molar-refractivity contribution in [3.05, 3.63) is 33.8 Å². The summed E-state index contributed by atoms with van der Waals surface area (Å²) in [4.78, 5) is 0. The normalized spacial score (nSPS) is 14.4. The van der Waals surface area contributed by atoms with Crippen LogP contribution in [0.15, 0.2) is 16.6 Å². The van der Waals surface area contributed by atoms with Crippen LogP contribution in [0.25, 0.3) is 0 Å². The third kappa shape index (κ3) is 3.97. The van der Waals surface area contributed by atoms with Crippen molar-refractivity contribution < 1.29 is 13.5 Å². The lowest BCUT2D eigenvalue weighted by molar-refractivity contribution is 0.0299. The molecule has 2 atom stereocenters. The minimum Gasteiger partial charge on any atom is -0.377 e. The summed E-state index contributed by atoms with van der Waals surface area (Å²) in [5.41, 5.74) is 0.0384. The molecule has 0 spiro atoms. The largest absolute Gasteiger partial charge is 0.377 e. The van der Waals surface area contributed by atoms with Crippen LogP contribution < -0.4 is 5.32 Å². The minimum atomic E-state index is -0.566. The van der Waals surface area contributed by atoms with Crippen molar-refractivity contribution in [2.24, 2.45) is 0 Å². The van der Waals surface area contributed by atoms with Gasteiger partial charge in [0.2, 0.25) is 0 Å². The zero-order chi connectivity index (χ0) is 14.4. The SMILES string of the molecule is CCNC(c1c(F)ccc(Br)c1F)C(CC)OCC. The molecule has 0 aromatic heterocycles. The Morgan fingerprint density at radius 2 is 1.95 bits per heavy atom. The van der Waals surface area contributed by atoms with E-state index in [1.54, 1.807) is 0 Å². The molecular weight excluding hydrogens is 316 g/mol. The lowest BCUT2D eigenvalue weighted by atomic mass is 9.98. The van der Waals surface area contributed by atoms with E-state index in [1.807, 2.05) is 20.8 Å². The molecule has 2 nitrogen and oxygen atoms in total. The molecule has 0 aliphatic rings. The fourth-order valence-electron chi connectivity index (χ4n) is 2.13. The number of nitrogens with one attached hydrogen (secondary N) is 1. The van der Waals surface area contributed by atoms with Gasteiger partial charge in [-0.05, 0) is 48.0 Å². The number of likely N-dealkylation sites (N-methyl/N-ethyl adjacent to an activating group) is 1. The van der Waals surface area contributed by atoms with Gasteiger partial charge in [-0.2, -0.15) is 0 Å². The Balaban J connectivity index is 3.21. The summed E-state index contributed by atoms with van der Waals surface area (Å²) >= 11 is 3.10. The van der Waals surface area contributed by atoms with Gasteiger partial charge in [0.25, 0.3) is 0 Å². The van der Waals surface area contributed by atoms with Crippen LogP contribution in [0.3, 0.4) is 0 Å². The van der Waals surface area contributed by atoms with Gasteiger partial charge in [-0.15, -0.1) is 0 Å². The van der Waals surface area contributed by atoms with E-state index in [0.717, 1.165) is 0 Å². The predicted molar refractivity (Wildman–Crippen MR) is 76.2 cm³/mol. The maximum atomic E-state index is 14.2. The molecule has 1 rings (SSSR count). The smallest absolute Gasteiger partial charge is 0.145 e. The van der Waals surface area contributed by atoms with E-state index >= 15 is 0 Å². The van der Waals surface area contributed by atoms with E-state index in [1.165, 1.54) is 12.1 Å². The van der Waals surface area contributed by atoms with Crippen LogP contribution >= 0.6 is 15.9 Å². The van der Waals surface area contributed by atoms with Gasteiger partial charge < -0.3 is 10.1 Å². The summed E-state index contributed by atoms with van der Waals surface area (Å²) in [6.07, 6.45) is 0.417. The van der Waals surface area contributed by atoms with Crippen LogP contribution in [-0.2, 0) is 4.74 Å². The zero-order valence-corrected chi connectivity index (χ0v) is 13.1. The molecule has 2 unspecified atom stereocenters. The highest BCUT2D eigenvalue weighted by atomic mass is 79.9. The molecule has 0 heterocycles. The monoisotopic (exact) mass is 335 g/mol. The van der Waals surface area contributed by atoms with Gasteiger partial charge in [-0.1, -0.05) is 13.8 Å². The fourth-order valence-corrected chi connectivity index (χ4v) is 2.48. The molecule has 0 aliphatic carbocycles. The Kier molecular flexibility index (Phi) is 6.89. The average molecular weight is 336 g/mol. The zero-order valence-electron chi connectivity index (χ0n) is 11.5. The van der Waals surface area contributed by atoms with E-state index in [0.29, 0.717) is 19.6 Å². The quantitative estimate of drug-likeness (QED) is 0.754. The second-order valence-corrected chi connectivity index (χ2v) is 5.05. The molecule has 0 bridgehead atoms. The molecule has 1 aromatic carbocycles. The first-order valence-corrected chi connectivity index (χ1v) is 7.34. The highest BCUT2D eigenvalue weighted by Crippen LogP contribution is 2.30. The van der Waals surface area contributed by atoms with Crippen LogP contribution in [0, 0.1) is 11.6 Å². The van der Waals surface area contributed by atoms with Gasteiger partial charge in [-0.3, -0.25) is 0 Å². The standard InChI is InChI=1S/C14H20BrF2NO/c1-4-11(19-6-3)14(18-5-2)12-10(16)8-7-9(15)13(12)17/h7-8,11,14,18H,4-6H2,1-3H3. The third-order valence-corrected chi connectivity index (χ3v) is 3.58. The lowest BCUT2D eigenvalue weighted by Crippen LogP contribution is -2.35. The van der Waals surface area contributed by atoms with Gasteiger partial charge in [-0.25, -0.2) is 8.78 Å². The molecular formula is C14H20BrF2NO. The maximum Gasteiger partial charge on any atom is 0.145 e. The van der Waals surface area contributed by atoms with Crippen molar-refractivity contribution in [2.75, 3.05) is 13.2 Å². The molecule has 1 aromatic rings. The first kappa shape index (κ1) is 16.5. The third-order valence-electron chi connectivity index (χ3n) is 2.97. The summed E-state index contributed by atoms with van der Waals surface area (Å²) in [5.74, 6) is -1.12. The first-order valence-electron chi connectivity index (χ1n) is 6.55. The Labute approximate surface area is 121 Å². The topological polar surface area (TPSA) is 21.3 Å². The lowest BCUT2D eigenvalue weighted by Gasteiger charge is -2.28. The van der Waals surface area contributed by atoms with Crippen LogP contribution in [0.4, 0.5) is 8.78 Å². The number of ether oxygens (including phenoxy) is 1. The Hall–Kier alpha value is -0.520. The molecule has 108 valence electrons. The molecule has 19 heavy (non-hydrogen) atoms. The highest BCUT2D eigenvalue weighted by molar-refractivity contribution is 9.10. The number of benzene rings is 1. The summed E-state index contributed by atoms with van der Waals surface area (Å²) in [5, 5.41) is 3.12. The van der Waals surface area contributed by atoms with Crippen molar-refractivity contribution in [1.82, 2.24) is 5.32 Å². The number of hydrogen-bond donors (Lipinski definition) is 1. The molecule has 0 saturated carbocycles. The summed E-state index contributed by atoms with van der Waals surface area (Å²) in [6.45, 7) is 6.84. The molecule has 0 radical (unpaired) electrons. The van der Waals surface area contributed by atoms with Gasteiger partial charge in [0, 0.05) is 12.2 Å². The highest BCUT2D eigenvalue weighted by Gasteiger charge is 2.28. The van der Waals surface area contributed by atoms with Crippen molar-refractivity contribution in [1.29, 1.82) is 0 Å². The molecule has 0 saturated heterocycles. The van der Waals surface area contributed by atoms with Gasteiger partial charge >= 0.3 is 0 Å². The van der Waals surface area contributed by atoms with Crippen molar-refractivity contribution in [3.63, 3.8) is 0 Å². The Bertz CT molecular complexity index is 415. The number of halogens is 3.